The van der Waals surface area contributed by atoms with Crippen molar-refractivity contribution >= 4 is 16.9 Å². The minimum absolute atomic E-state index is 0.147. The molecule has 2 N–H and O–H groups in total. The monoisotopic (exact) mass is 470 g/mol. The summed E-state index contributed by atoms with van der Waals surface area (Å²) in [7, 11) is 1.77. The molecule has 7 nitrogen and oxygen atoms in total. The van der Waals surface area contributed by atoms with Crippen LogP contribution in [0.1, 0.15) is 24.1 Å². The summed E-state index contributed by atoms with van der Waals surface area (Å²) in [6.07, 6.45) is 1.61. The Balaban J connectivity index is 1.25. The molecular formula is C28H34N6O. The second kappa shape index (κ2) is 11.0. The Bertz CT molecular complexity index is 1220. The summed E-state index contributed by atoms with van der Waals surface area (Å²) in [5.74, 6) is 0.843. The van der Waals surface area contributed by atoms with Gasteiger partial charge >= 0.3 is 0 Å². The Hall–Kier alpha value is -3.26. The molecule has 0 radical (unpaired) electrons. The Kier molecular flexibility index (Phi) is 7.37. The van der Waals surface area contributed by atoms with Crippen molar-refractivity contribution in [3.63, 3.8) is 0 Å². The highest BCUT2D eigenvalue weighted by atomic mass is 16.5. The molecule has 5 rings (SSSR count). The third kappa shape index (κ3) is 5.70. The van der Waals surface area contributed by atoms with Gasteiger partial charge in [-0.15, -0.1) is 0 Å². The van der Waals surface area contributed by atoms with E-state index < -0.39 is 0 Å². The molecule has 0 spiro atoms. The van der Waals surface area contributed by atoms with Crippen LogP contribution in [0.3, 0.4) is 0 Å². The van der Waals surface area contributed by atoms with Crippen LogP contribution in [0.25, 0.3) is 22.3 Å². The van der Waals surface area contributed by atoms with Crippen LogP contribution >= 0.6 is 0 Å². The number of piperazine rings is 1. The van der Waals surface area contributed by atoms with E-state index in [0.29, 0.717) is 0 Å². The molecule has 0 saturated carbocycles. The van der Waals surface area contributed by atoms with Gasteiger partial charge in [0.15, 0.2) is 0 Å². The van der Waals surface area contributed by atoms with Gasteiger partial charge in [-0.2, -0.15) is 0 Å². The van der Waals surface area contributed by atoms with E-state index in [0.717, 1.165) is 74.0 Å². The molecule has 7 heteroatoms. The van der Waals surface area contributed by atoms with Crippen molar-refractivity contribution in [1.29, 1.82) is 0 Å². The van der Waals surface area contributed by atoms with Crippen LogP contribution in [-0.2, 0) is 11.3 Å². The molecule has 0 amide bonds. The zero-order valence-electron chi connectivity index (χ0n) is 20.6. The van der Waals surface area contributed by atoms with Crippen LogP contribution in [0.5, 0.6) is 0 Å². The maximum atomic E-state index is 5.21. The smallest absolute Gasteiger partial charge is 0.143 e. The summed E-state index contributed by atoms with van der Waals surface area (Å²) in [4.78, 5) is 17.5. The third-order valence-corrected chi connectivity index (χ3v) is 6.83. The molecule has 0 aliphatic carbocycles. The first-order valence-corrected chi connectivity index (χ1v) is 12.4. The lowest BCUT2D eigenvalue weighted by molar-refractivity contribution is 0.0938. The summed E-state index contributed by atoms with van der Waals surface area (Å²) in [6, 6.07) is 21.6. The molecule has 1 fully saturated rings. The van der Waals surface area contributed by atoms with E-state index in [-0.39, 0.29) is 6.04 Å². The maximum Gasteiger partial charge on any atom is 0.143 e. The molecule has 1 aliphatic heterocycles. The van der Waals surface area contributed by atoms with E-state index >= 15 is 0 Å². The molecule has 35 heavy (non-hydrogen) atoms. The molecule has 1 atom stereocenters. The zero-order valence-corrected chi connectivity index (χ0v) is 20.6. The molecule has 0 bridgehead atoms. The Morgan fingerprint density at radius 1 is 0.971 bits per heavy atom. The molecule has 0 unspecified atom stereocenters. The Labute approximate surface area is 207 Å². The normalized spacial score (nSPS) is 15.9. The van der Waals surface area contributed by atoms with Crippen molar-refractivity contribution in [3.05, 3.63) is 78.1 Å². The van der Waals surface area contributed by atoms with Crippen molar-refractivity contribution in [2.24, 2.45) is 0 Å². The highest BCUT2D eigenvalue weighted by Crippen LogP contribution is 2.29. The summed E-state index contributed by atoms with van der Waals surface area (Å²) in [5.41, 5.74) is 5.61. The lowest BCUT2D eigenvalue weighted by Gasteiger charge is -2.34. The van der Waals surface area contributed by atoms with Crippen molar-refractivity contribution < 1.29 is 4.74 Å². The Morgan fingerprint density at radius 2 is 1.71 bits per heavy atom. The molecule has 1 saturated heterocycles. The maximum absolute atomic E-state index is 5.21. The first kappa shape index (κ1) is 23.5. The van der Waals surface area contributed by atoms with Gasteiger partial charge in [0.25, 0.3) is 0 Å². The number of benzene rings is 2. The van der Waals surface area contributed by atoms with Gasteiger partial charge in [-0.25, -0.2) is 9.97 Å². The lowest BCUT2D eigenvalue weighted by atomic mass is 10.1. The molecular weight excluding hydrogens is 436 g/mol. The number of hydrogen-bond acceptors (Lipinski definition) is 6. The van der Waals surface area contributed by atoms with Crippen molar-refractivity contribution in [1.82, 2.24) is 24.8 Å². The predicted molar refractivity (Wildman–Crippen MR) is 141 cm³/mol. The quantitative estimate of drug-likeness (QED) is 0.374. The number of hydrogen-bond donors (Lipinski definition) is 2. The second-order valence-corrected chi connectivity index (χ2v) is 9.25. The highest BCUT2D eigenvalue weighted by Gasteiger charge is 2.17. The van der Waals surface area contributed by atoms with Gasteiger partial charge in [0.2, 0.25) is 0 Å². The van der Waals surface area contributed by atoms with E-state index in [1.807, 2.05) is 6.07 Å². The van der Waals surface area contributed by atoms with Gasteiger partial charge in [0, 0.05) is 58.1 Å². The number of nitrogens with zero attached hydrogens (tertiary/aromatic N) is 4. The van der Waals surface area contributed by atoms with E-state index in [4.69, 9.17) is 4.74 Å². The number of anilines is 1. The molecule has 2 aromatic heterocycles. The molecule has 2 aromatic carbocycles. The third-order valence-electron chi connectivity index (χ3n) is 6.83. The molecule has 3 heterocycles. The predicted octanol–water partition coefficient (Wildman–Crippen LogP) is 4.56. The summed E-state index contributed by atoms with van der Waals surface area (Å²) < 4.78 is 5.21. The summed E-state index contributed by atoms with van der Waals surface area (Å²) in [5, 5.41) is 4.55. The number of nitrogens with one attached hydrogen (secondary N) is 2. The second-order valence-electron chi connectivity index (χ2n) is 9.25. The SMILES string of the molecule is COCCN1CCN(Cc2ccc(-c3cc4c(N[C@H](C)c5ccccc5)ncnc4[nH]3)cc2)CC1. The topological polar surface area (TPSA) is 69.3 Å². The fourth-order valence-electron chi connectivity index (χ4n) is 4.68. The van der Waals surface area contributed by atoms with Crippen molar-refractivity contribution in [2.45, 2.75) is 19.5 Å². The zero-order chi connectivity index (χ0) is 24.0. The fraction of sp³-hybridized carbons (Fsp3) is 0.357. The van der Waals surface area contributed by atoms with E-state index in [9.17, 15) is 0 Å². The first-order chi connectivity index (χ1) is 17.2. The lowest BCUT2D eigenvalue weighted by Crippen LogP contribution is -2.46. The van der Waals surface area contributed by atoms with Crippen LogP contribution in [0.15, 0.2) is 67.0 Å². The van der Waals surface area contributed by atoms with Crippen LogP contribution in [0.4, 0.5) is 5.82 Å². The number of ether oxygens (including phenoxy) is 1. The minimum Gasteiger partial charge on any atom is -0.383 e. The number of fused-ring (bicyclic) bond motifs is 1. The largest absolute Gasteiger partial charge is 0.383 e. The molecule has 182 valence electrons. The summed E-state index contributed by atoms with van der Waals surface area (Å²) in [6.45, 7) is 9.39. The van der Waals surface area contributed by atoms with Gasteiger partial charge in [0.1, 0.15) is 17.8 Å². The standard InChI is InChI=1S/C28H34N6O/c1-21(23-6-4-3-5-7-23)31-27-25-18-26(32-28(25)30-20-29-27)24-10-8-22(9-11-24)19-34-14-12-33(13-15-34)16-17-35-2/h3-11,18,20-21H,12-17,19H2,1-2H3,(H2,29,30,31,32)/t21-/m1/s1. The molecule has 4 aromatic rings. The number of aromatic amines is 1. The number of methoxy groups -OCH3 is 1. The van der Waals surface area contributed by atoms with Gasteiger partial charge in [0.05, 0.1) is 12.0 Å². The van der Waals surface area contributed by atoms with E-state index in [2.05, 4.69) is 91.6 Å². The van der Waals surface area contributed by atoms with Crippen molar-refractivity contribution in [3.8, 4) is 11.3 Å². The number of rotatable bonds is 9. The fourth-order valence-corrected chi connectivity index (χ4v) is 4.68. The van der Waals surface area contributed by atoms with Crippen molar-refractivity contribution in [2.75, 3.05) is 51.8 Å². The van der Waals surface area contributed by atoms with Gasteiger partial charge < -0.3 is 15.0 Å². The van der Waals surface area contributed by atoms with Crippen LogP contribution in [0, 0.1) is 0 Å². The first-order valence-electron chi connectivity index (χ1n) is 12.4. The minimum atomic E-state index is 0.147. The Morgan fingerprint density at radius 3 is 2.46 bits per heavy atom. The summed E-state index contributed by atoms with van der Waals surface area (Å²) >= 11 is 0. The average molecular weight is 471 g/mol. The van der Waals surface area contributed by atoms with Gasteiger partial charge in [-0.3, -0.25) is 9.80 Å². The number of H-pyrrole nitrogens is 1. The van der Waals surface area contributed by atoms with Gasteiger partial charge in [-0.05, 0) is 29.7 Å². The van der Waals surface area contributed by atoms with Crippen LogP contribution in [-0.4, -0.2) is 71.2 Å². The van der Waals surface area contributed by atoms with Crippen LogP contribution in [0.2, 0.25) is 0 Å². The van der Waals surface area contributed by atoms with E-state index in [1.165, 1.54) is 11.1 Å². The van der Waals surface area contributed by atoms with Crippen LogP contribution < -0.4 is 5.32 Å². The van der Waals surface area contributed by atoms with Gasteiger partial charge in [-0.1, -0.05) is 54.6 Å². The van der Waals surface area contributed by atoms with E-state index in [1.54, 1.807) is 13.4 Å². The number of aromatic nitrogens is 3. The highest BCUT2D eigenvalue weighted by molar-refractivity contribution is 5.91. The molecule has 1 aliphatic rings. The average Bonchev–Trinajstić information content (AvgIpc) is 3.35.